The van der Waals surface area contributed by atoms with E-state index in [0.29, 0.717) is 0 Å². The SMILES string of the molecule is Cn1c(=O)c2cc(NS(=O)(=O)c3cccc(Cl)c3O)cnc2n(C)c1=O. The molecule has 1 aromatic carbocycles. The van der Waals surface area contributed by atoms with Crippen LogP contribution in [0.25, 0.3) is 11.0 Å². The molecular formula is C15H13ClN4O5S. The first-order valence-corrected chi connectivity index (χ1v) is 9.05. The molecule has 0 radical (unpaired) electrons. The van der Waals surface area contributed by atoms with Crippen LogP contribution in [0.1, 0.15) is 0 Å². The summed E-state index contributed by atoms with van der Waals surface area (Å²) in [4.78, 5) is 27.7. The first-order valence-electron chi connectivity index (χ1n) is 7.19. The number of pyridine rings is 1. The lowest BCUT2D eigenvalue weighted by molar-refractivity contribution is 0.459. The van der Waals surface area contributed by atoms with Crippen molar-refractivity contribution in [2.45, 2.75) is 4.90 Å². The molecule has 0 unspecified atom stereocenters. The Morgan fingerprint density at radius 1 is 1.19 bits per heavy atom. The van der Waals surface area contributed by atoms with E-state index < -0.39 is 31.9 Å². The summed E-state index contributed by atoms with van der Waals surface area (Å²) in [5.74, 6) is -0.589. The largest absolute Gasteiger partial charge is 0.505 e. The van der Waals surface area contributed by atoms with Crippen LogP contribution in [0.4, 0.5) is 5.69 Å². The maximum absolute atomic E-state index is 12.5. The summed E-state index contributed by atoms with van der Waals surface area (Å²) in [5.41, 5.74) is -1.05. The zero-order valence-electron chi connectivity index (χ0n) is 13.6. The highest BCUT2D eigenvalue weighted by Crippen LogP contribution is 2.31. The molecule has 2 N–H and O–H groups in total. The van der Waals surface area contributed by atoms with Gasteiger partial charge in [0.05, 0.1) is 22.3 Å². The predicted molar refractivity (Wildman–Crippen MR) is 96.2 cm³/mol. The second-order valence-electron chi connectivity index (χ2n) is 5.49. The van der Waals surface area contributed by atoms with Gasteiger partial charge in [0.1, 0.15) is 10.5 Å². The first kappa shape index (κ1) is 18.0. The van der Waals surface area contributed by atoms with Gasteiger partial charge in [0.25, 0.3) is 15.6 Å². The molecular weight excluding hydrogens is 384 g/mol. The number of phenolic OH excluding ortho intramolecular Hbond substituents is 1. The Kier molecular flexibility index (Phi) is 4.24. The number of aromatic hydroxyl groups is 1. The number of aromatic nitrogens is 3. The van der Waals surface area contributed by atoms with Crippen LogP contribution in [0.15, 0.2) is 44.9 Å². The summed E-state index contributed by atoms with van der Waals surface area (Å²) in [6.45, 7) is 0. The Balaban J connectivity index is 2.14. The van der Waals surface area contributed by atoms with Gasteiger partial charge in [0.15, 0.2) is 5.75 Å². The number of phenols is 1. The normalized spacial score (nSPS) is 11.7. The Morgan fingerprint density at radius 2 is 1.88 bits per heavy atom. The van der Waals surface area contributed by atoms with Gasteiger partial charge in [-0.15, -0.1) is 0 Å². The van der Waals surface area contributed by atoms with Gasteiger partial charge in [-0.2, -0.15) is 0 Å². The smallest absolute Gasteiger partial charge is 0.332 e. The zero-order valence-corrected chi connectivity index (χ0v) is 15.2. The van der Waals surface area contributed by atoms with Crippen molar-refractivity contribution in [3.05, 3.63) is 56.3 Å². The third-order valence-corrected chi connectivity index (χ3v) is 5.50. The maximum atomic E-state index is 12.5. The molecule has 2 aromatic heterocycles. The van der Waals surface area contributed by atoms with Crippen molar-refractivity contribution in [1.82, 2.24) is 14.1 Å². The number of para-hydroxylation sites is 1. The molecule has 0 aliphatic rings. The quantitative estimate of drug-likeness (QED) is 0.674. The summed E-state index contributed by atoms with van der Waals surface area (Å²) >= 11 is 5.74. The van der Waals surface area contributed by atoms with Gasteiger partial charge in [-0.1, -0.05) is 17.7 Å². The standard InChI is InChI=1S/C15H13ClN4O5S/c1-19-13-9(14(22)20(2)15(19)23)6-8(7-17-13)18-26(24,25)11-5-3-4-10(16)12(11)21/h3-7,18,21H,1-2H3. The fourth-order valence-corrected chi connectivity index (χ4v) is 3.83. The average molecular weight is 397 g/mol. The van der Waals surface area contributed by atoms with Crippen molar-refractivity contribution in [3.63, 3.8) is 0 Å². The van der Waals surface area contributed by atoms with E-state index in [1.807, 2.05) is 0 Å². The lowest BCUT2D eigenvalue weighted by Crippen LogP contribution is -2.37. The molecule has 0 saturated carbocycles. The van der Waals surface area contributed by atoms with E-state index >= 15 is 0 Å². The van der Waals surface area contributed by atoms with Crippen LogP contribution in [0.5, 0.6) is 5.75 Å². The highest BCUT2D eigenvalue weighted by atomic mass is 35.5. The molecule has 0 fully saturated rings. The summed E-state index contributed by atoms with van der Waals surface area (Å²) in [6, 6.07) is 5.17. The summed E-state index contributed by atoms with van der Waals surface area (Å²) < 4.78 is 29.3. The zero-order chi connectivity index (χ0) is 19.2. The molecule has 0 spiro atoms. The third-order valence-electron chi connectivity index (χ3n) is 3.78. The van der Waals surface area contributed by atoms with Crippen molar-refractivity contribution >= 4 is 38.3 Å². The molecule has 136 valence electrons. The minimum atomic E-state index is -4.18. The Morgan fingerprint density at radius 3 is 2.58 bits per heavy atom. The lowest BCUT2D eigenvalue weighted by Gasteiger charge is -2.11. The lowest BCUT2D eigenvalue weighted by atomic mass is 10.3. The molecule has 11 heteroatoms. The number of anilines is 1. The molecule has 0 atom stereocenters. The van der Waals surface area contributed by atoms with Crippen LogP contribution in [-0.2, 0) is 24.1 Å². The van der Waals surface area contributed by atoms with E-state index in [1.165, 1.54) is 49.1 Å². The fourth-order valence-electron chi connectivity index (χ4n) is 2.44. The van der Waals surface area contributed by atoms with Gasteiger partial charge >= 0.3 is 5.69 Å². The molecule has 0 saturated heterocycles. The topological polar surface area (TPSA) is 123 Å². The first-order chi connectivity index (χ1) is 12.1. The maximum Gasteiger partial charge on any atom is 0.332 e. The highest BCUT2D eigenvalue weighted by molar-refractivity contribution is 7.92. The molecule has 9 nitrogen and oxygen atoms in total. The van der Waals surface area contributed by atoms with E-state index in [4.69, 9.17) is 11.6 Å². The molecule has 0 aliphatic carbocycles. The number of hydrogen-bond acceptors (Lipinski definition) is 6. The van der Waals surface area contributed by atoms with E-state index in [-0.39, 0.29) is 21.7 Å². The summed E-state index contributed by atoms with van der Waals surface area (Å²) in [7, 11) is -1.42. The number of benzene rings is 1. The molecule has 3 aromatic rings. The number of sulfonamides is 1. The van der Waals surface area contributed by atoms with Gasteiger partial charge in [-0.3, -0.25) is 18.7 Å². The van der Waals surface area contributed by atoms with E-state index in [1.54, 1.807) is 0 Å². The molecule has 26 heavy (non-hydrogen) atoms. The van der Waals surface area contributed by atoms with Crippen molar-refractivity contribution in [2.75, 3.05) is 4.72 Å². The van der Waals surface area contributed by atoms with E-state index in [9.17, 15) is 23.1 Å². The Labute approximate surface area is 152 Å². The molecule has 2 heterocycles. The second-order valence-corrected chi connectivity index (χ2v) is 7.55. The second kappa shape index (κ2) is 6.15. The van der Waals surface area contributed by atoms with Crippen molar-refractivity contribution in [3.8, 4) is 5.75 Å². The predicted octanol–water partition coefficient (Wildman–Crippen LogP) is 0.792. The molecule has 3 rings (SSSR count). The van der Waals surface area contributed by atoms with Crippen LogP contribution in [0.2, 0.25) is 5.02 Å². The fraction of sp³-hybridized carbons (Fsp3) is 0.133. The van der Waals surface area contributed by atoms with Crippen LogP contribution < -0.4 is 16.0 Å². The molecule has 0 aliphatic heterocycles. The number of aryl methyl sites for hydroxylation is 1. The van der Waals surface area contributed by atoms with Crippen LogP contribution in [0.3, 0.4) is 0 Å². The highest BCUT2D eigenvalue weighted by Gasteiger charge is 2.21. The van der Waals surface area contributed by atoms with Gasteiger partial charge in [-0.25, -0.2) is 18.2 Å². The van der Waals surface area contributed by atoms with Crippen LogP contribution in [-0.4, -0.2) is 27.6 Å². The minimum absolute atomic E-state index is 0.00683. The van der Waals surface area contributed by atoms with Crippen LogP contribution in [0, 0.1) is 0 Å². The minimum Gasteiger partial charge on any atom is -0.505 e. The number of halogens is 1. The van der Waals surface area contributed by atoms with Crippen LogP contribution >= 0.6 is 11.6 Å². The van der Waals surface area contributed by atoms with Gasteiger partial charge in [0, 0.05) is 14.1 Å². The Hall–Kier alpha value is -2.85. The van der Waals surface area contributed by atoms with Crippen molar-refractivity contribution in [2.24, 2.45) is 14.1 Å². The number of nitrogens with zero attached hydrogens (tertiary/aromatic N) is 3. The summed E-state index contributed by atoms with van der Waals surface area (Å²) in [6.07, 6.45) is 1.17. The number of rotatable bonds is 3. The monoisotopic (exact) mass is 396 g/mol. The van der Waals surface area contributed by atoms with Gasteiger partial charge in [-0.05, 0) is 18.2 Å². The van der Waals surface area contributed by atoms with Crippen molar-refractivity contribution in [1.29, 1.82) is 0 Å². The van der Waals surface area contributed by atoms with Gasteiger partial charge in [0.2, 0.25) is 0 Å². The van der Waals surface area contributed by atoms with Gasteiger partial charge < -0.3 is 5.11 Å². The average Bonchev–Trinajstić information content (AvgIpc) is 2.60. The summed E-state index contributed by atoms with van der Waals surface area (Å²) in [5, 5.41) is 9.82. The number of fused-ring (bicyclic) bond motifs is 1. The Bertz CT molecular complexity index is 1260. The number of nitrogens with one attached hydrogen (secondary N) is 1. The third kappa shape index (κ3) is 2.82. The molecule has 0 bridgehead atoms. The molecule has 0 amide bonds. The van der Waals surface area contributed by atoms with E-state index in [0.717, 1.165) is 4.57 Å². The van der Waals surface area contributed by atoms with Crippen molar-refractivity contribution < 1.29 is 13.5 Å². The van der Waals surface area contributed by atoms with E-state index in [2.05, 4.69) is 9.71 Å². The number of hydrogen-bond donors (Lipinski definition) is 2.